The highest BCUT2D eigenvalue weighted by Crippen LogP contribution is 2.13. The fraction of sp³-hybridized carbons (Fsp3) is 0.638. The van der Waals surface area contributed by atoms with Crippen molar-refractivity contribution >= 4 is 17.9 Å². The van der Waals surface area contributed by atoms with E-state index in [9.17, 15) is 14.4 Å². The molecule has 0 aliphatic carbocycles. The lowest BCUT2D eigenvalue weighted by Crippen LogP contribution is -2.30. The minimum Gasteiger partial charge on any atom is -0.462 e. The average Bonchev–Trinajstić information content (AvgIpc) is 3.29. The predicted molar refractivity (Wildman–Crippen MR) is 274 cm³/mol. The van der Waals surface area contributed by atoms with Crippen molar-refractivity contribution in [3.63, 3.8) is 0 Å². The van der Waals surface area contributed by atoms with Gasteiger partial charge in [0.15, 0.2) is 6.10 Å². The number of carbonyl (C=O) groups is 3. The van der Waals surface area contributed by atoms with Gasteiger partial charge >= 0.3 is 17.9 Å². The Morgan fingerprint density at radius 1 is 0.328 bits per heavy atom. The van der Waals surface area contributed by atoms with Crippen molar-refractivity contribution in [3.05, 3.63) is 109 Å². The number of carbonyl (C=O) groups excluding carboxylic acids is 3. The van der Waals surface area contributed by atoms with Crippen LogP contribution in [0.1, 0.15) is 220 Å². The normalized spacial score (nSPS) is 13.0. The van der Waals surface area contributed by atoms with Gasteiger partial charge in [-0.15, -0.1) is 0 Å². The number of allylic oxidation sites excluding steroid dienone is 18. The van der Waals surface area contributed by atoms with Crippen molar-refractivity contribution in [1.29, 1.82) is 0 Å². The fourth-order valence-electron chi connectivity index (χ4n) is 6.67. The van der Waals surface area contributed by atoms with E-state index in [0.29, 0.717) is 19.3 Å². The van der Waals surface area contributed by atoms with Gasteiger partial charge in [0.05, 0.1) is 0 Å². The van der Waals surface area contributed by atoms with E-state index in [-0.39, 0.29) is 31.1 Å². The van der Waals surface area contributed by atoms with Gasteiger partial charge in [0, 0.05) is 19.3 Å². The van der Waals surface area contributed by atoms with Gasteiger partial charge < -0.3 is 14.2 Å². The first kappa shape index (κ1) is 60.1. The Balaban J connectivity index is 4.14. The first-order chi connectivity index (χ1) is 31.5. The summed E-state index contributed by atoms with van der Waals surface area (Å²) in [5.41, 5.74) is 0. The van der Waals surface area contributed by atoms with Crippen LogP contribution in [0, 0.1) is 0 Å². The zero-order chi connectivity index (χ0) is 46.5. The van der Waals surface area contributed by atoms with Crippen molar-refractivity contribution < 1.29 is 28.6 Å². The lowest BCUT2D eigenvalue weighted by molar-refractivity contribution is -0.167. The van der Waals surface area contributed by atoms with Gasteiger partial charge in [0.25, 0.3) is 0 Å². The summed E-state index contributed by atoms with van der Waals surface area (Å²) in [6.45, 7) is 6.37. The van der Waals surface area contributed by atoms with E-state index in [0.717, 1.165) is 128 Å². The van der Waals surface area contributed by atoms with Crippen molar-refractivity contribution in [1.82, 2.24) is 0 Å². The topological polar surface area (TPSA) is 78.9 Å². The van der Waals surface area contributed by atoms with Crippen LogP contribution in [0.15, 0.2) is 109 Å². The summed E-state index contributed by atoms with van der Waals surface area (Å²) in [5, 5.41) is 0. The molecule has 0 fully saturated rings. The third kappa shape index (κ3) is 49.1. The maximum Gasteiger partial charge on any atom is 0.306 e. The summed E-state index contributed by atoms with van der Waals surface area (Å²) in [6.07, 6.45) is 69.8. The minimum atomic E-state index is -0.785. The molecule has 362 valence electrons. The number of hydrogen-bond acceptors (Lipinski definition) is 6. The quantitative estimate of drug-likeness (QED) is 0.0262. The third-order valence-corrected chi connectivity index (χ3v) is 10.5. The molecule has 0 saturated carbocycles. The summed E-state index contributed by atoms with van der Waals surface area (Å²) in [5.74, 6) is -0.946. The Labute approximate surface area is 393 Å². The van der Waals surface area contributed by atoms with E-state index in [1.165, 1.54) is 51.4 Å². The molecule has 0 amide bonds. The van der Waals surface area contributed by atoms with E-state index < -0.39 is 6.10 Å². The van der Waals surface area contributed by atoms with Crippen molar-refractivity contribution in [2.75, 3.05) is 13.2 Å². The zero-order valence-corrected chi connectivity index (χ0v) is 41.3. The van der Waals surface area contributed by atoms with Crippen molar-refractivity contribution in [3.8, 4) is 0 Å². The fourth-order valence-corrected chi connectivity index (χ4v) is 6.67. The Kier molecular flexibility index (Phi) is 48.5. The Morgan fingerprint density at radius 2 is 0.609 bits per heavy atom. The second-order valence-corrected chi connectivity index (χ2v) is 16.7. The maximum atomic E-state index is 12.6. The van der Waals surface area contributed by atoms with E-state index in [1.807, 2.05) is 0 Å². The Bertz CT molecular complexity index is 1340. The van der Waals surface area contributed by atoms with Crippen LogP contribution in [0.5, 0.6) is 0 Å². The highest BCUT2D eigenvalue weighted by Gasteiger charge is 2.19. The Hall–Kier alpha value is -3.93. The number of ether oxygens (including phenoxy) is 3. The van der Waals surface area contributed by atoms with Crippen molar-refractivity contribution in [2.24, 2.45) is 0 Å². The number of unbranched alkanes of at least 4 members (excludes halogenated alkanes) is 16. The summed E-state index contributed by atoms with van der Waals surface area (Å²) < 4.78 is 16.6. The lowest BCUT2D eigenvalue weighted by Gasteiger charge is -2.18. The third-order valence-electron chi connectivity index (χ3n) is 10.5. The number of hydrogen-bond donors (Lipinski definition) is 0. The summed E-state index contributed by atoms with van der Waals surface area (Å²) in [6, 6.07) is 0. The predicted octanol–water partition coefficient (Wildman–Crippen LogP) is 17.1. The molecule has 0 aromatic carbocycles. The highest BCUT2D eigenvalue weighted by molar-refractivity contribution is 5.71. The smallest absolute Gasteiger partial charge is 0.306 e. The van der Waals surface area contributed by atoms with Crippen LogP contribution in [0.25, 0.3) is 0 Å². The molecule has 0 spiro atoms. The van der Waals surface area contributed by atoms with Crippen LogP contribution < -0.4 is 0 Å². The zero-order valence-electron chi connectivity index (χ0n) is 41.3. The van der Waals surface area contributed by atoms with Gasteiger partial charge in [-0.1, -0.05) is 220 Å². The average molecular weight is 887 g/mol. The molecule has 0 rings (SSSR count). The first-order valence-corrected chi connectivity index (χ1v) is 25.9. The van der Waals surface area contributed by atoms with Gasteiger partial charge in [0.1, 0.15) is 13.2 Å². The molecule has 1 unspecified atom stereocenters. The van der Waals surface area contributed by atoms with Gasteiger partial charge in [-0.2, -0.15) is 0 Å². The first-order valence-electron chi connectivity index (χ1n) is 25.9. The molecule has 0 heterocycles. The van der Waals surface area contributed by atoms with E-state index in [1.54, 1.807) is 0 Å². The van der Waals surface area contributed by atoms with E-state index in [2.05, 4.69) is 130 Å². The Morgan fingerprint density at radius 3 is 0.953 bits per heavy atom. The molecule has 0 N–H and O–H groups in total. The molecule has 1 atom stereocenters. The molecule has 0 radical (unpaired) electrons. The minimum absolute atomic E-state index is 0.0891. The molecule has 0 bridgehead atoms. The summed E-state index contributed by atoms with van der Waals surface area (Å²) in [7, 11) is 0. The molecule has 6 heteroatoms. The maximum absolute atomic E-state index is 12.6. The standard InChI is InChI=1S/C58H94O6/c1-4-7-10-13-15-17-19-20-21-22-23-24-25-26-27-28-29-30-31-32-33-34-35-36-37-38-39-41-42-45-48-51-57(60)63-54-55(53-62-56(59)50-47-44-12-9-6-3)64-58(61)52-49-46-43-40-18-16-14-11-8-5-2/h7,10,15,17,20-21,23-24,26-27,29-30,32-33,35-36,38-39,55H,4-6,8-9,11-14,16,18-19,22,25,28,31,34,37,40-54H2,1-3H3/b10-7-,17-15-,21-20-,24-23-,27-26-,30-29-,33-32-,36-35-,39-38-. The van der Waals surface area contributed by atoms with Crippen LogP contribution in [-0.2, 0) is 28.6 Å². The van der Waals surface area contributed by atoms with Crippen LogP contribution in [-0.4, -0.2) is 37.2 Å². The van der Waals surface area contributed by atoms with Gasteiger partial charge in [-0.25, -0.2) is 0 Å². The number of rotatable bonds is 45. The molecule has 0 saturated heterocycles. The lowest BCUT2D eigenvalue weighted by atomic mass is 10.1. The van der Waals surface area contributed by atoms with Gasteiger partial charge in [-0.05, 0) is 89.9 Å². The van der Waals surface area contributed by atoms with E-state index in [4.69, 9.17) is 14.2 Å². The second-order valence-electron chi connectivity index (χ2n) is 16.7. The molecule has 0 aromatic heterocycles. The van der Waals surface area contributed by atoms with E-state index >= 15 is 0 Å². The molecular weight excluding hydrogens is 793 g/mol. The van der Waals surface area contributed by atoms with Crippen LogP contribution in [0.3, 0.4) is 0 Å². The van der Waals surface area contributed by atoms with Crippen LogP contribution in [0.2, 0.25) is 0 Å². The monoisotopic (exact) mass is 887 g/mol. The largest absolute Gasteiger partial charge is 0.462 e. The highest BCUT2D eigenvalue weighted by atomic mass is 16.6. The molecule has 0 aliphatic heterocycles. The summed E-state index contributed by atoms with van der Waals surface area (Å²) in [4.78, 5) is 37.5. The van der Waals surface area contributed by atoms with Crippen LogP contribution in [0.4, 0.5) is 0 Å². The number of esters is 3. The van der Waals surface area contributed by atoms with Gasteiger partial charge in [0.2, 0.25) is 0 Å². The molecule has 6 nitrogen and oxygen atoms in total. The second kappa shape index (κ2) is 51.7. The van der Waals surface area contributed by atoms with Crippen LogP contribution >= 0.6 is 0 Å². The molecular formula is C58H94O6. The summed E-state index contributed by atoms with van der Waals surface area (Å²) >= 11 is 0. The molecule has 0 aromatic rings. The SMILES string of the molecule is CC/C=C\C/C=C\C/C=C\C/C=C\C/C=C\C/C=C\C/C=C\C/C=C\C/C=C\CCCCCC(=O)OCC(COC(=O)CCCCCCC)OC(=O)CCCCCCCCCCCC. The van der Waals surface area contributed by atoms with Gasteiger partial charge in [-0.3, -0.25) is 14.4 Å². The van der Waals surface area contributed by atoms with Crippen molar-refractivity contribution in [2.45, 2.75) is 226 Å². The molecule has 0 aliphatic rings. The molecule has 64 heavy (non-hydrogen) atoms.